The molecule has 0 saturated heterocycles. The summed E-state index contributed by atoms with van der Waals surface area (Å²) in [7, 11) is 0. The van der Waals surface area contributed by atoms with Crippen LogP contribution in [0.2, 0.25) is 0 Å². The van der Waals surface area contributed by atoms with Crippen molar-refractivity contribution in [2.75, 3.05) is 13.1 Å². The third-order valence-electron chi connectivity index (χ3n) is 4.97. The molecule has 6 nitrogen and oxygen atoms in total. The molecule has 1 aromatic carbocycles. The van der Waals surface area contributed by atoms with Crippen molar-refractivity contribution >= 4 is 23.3 Å². The van der Waals surface area contributed by atoms with E-state index in [9.17, 15) is 19.2 Å². The zero-order valence-corrected chi connectivity index (χ0v) is 13.7. The fraction of sp³-hybridized carbons (Fsp3) is 0.368. The van der Waals surface area contributed by atoms with Gasteiger partial charge < -0.3 is 10.0 Å². The van der Waals surface area contributed by atoms with E-state index in [4.69, 9.17) is 5.11 Å². The number of aliphatic carboxylic acids is 1. The van der Waals surface area contributed by atoms with Gasteiger partial charge in [0.05, 0.1) is 12.0 Å². The number of carboxylic acids is 1. The van der Waals surface area contributed by atoms with Gasteiger partial charge in [0, 0.05) is 18.3 Å². The van der Waals surface area contributed by atoms with Crippen LogP contribution in [0.1, 0.15) is 36.0 Å². The van der Waals surface area contributed by atoms with E-state index in [1.165, 1.54) is 11.1 Å². The fourth-order valence-corrected chi connectivity index (χ4v) is 3.74. The van der Waals surface area contributed by atoms with Crippen molar-refractivity contribution in [2.45, 2.75) is 25.7 Å². The van der Waals surface area contributed by atoms with Gasteiger partial charge in [-0.2, -0.15) is 0 Å². The summed E-state index contributed by atoms with van der Waals surface area (Å²) in [6, 6.07) is 9.00. The first kappa shape index (κ1) is 17.1. The quantitative estimate of drug-likeness (QED) is 0.499. The smallest absolute Gasteiger partial charge is 0.341 e. The molecule has 0 bridgehead atoms. The molecule has 0 unspecified atom stereocenters. The highest BCUT2D eigenvalue weighted by atomic mass is 16.4. The van der Waals surface area contributed by atoms with Crippen molar-refractivity contribution in [1.29, 1.82) is 0 Å². The maximum absolute atomic E-state index is 13.1. The predicted octanol–water partition coefficient (Wildman–Crippen LogP) is 1.85. The van der Waals surface area contributed by atoms with Crippen LogP contribution in [-0.4, -0.2) is 46.4 Å². The summed E-state index contributed by atoms with van der Waals surface area (Å²) in [5, 5.41) is 9.12. The molecule has 6 heteroatoms. The minimum Gasteiger partial charge on any atom is -0.477 e. The molecule has 0 atom stereocenters. The highest BCUT2D eigenvalue weighted by Gasteiger charge is 2.44. The lowest BCUT2D eigenvalue weighted by Gasteiger charge is -2.35. The Morgan fingerprint density at radius 3 is 2.32 bits per heavy atom. The fourth-order valence-electron chi connectivity index (χ4n) is 3.74. The minimum atomic E-state index is -1.42. The summed E-state index contributed by atoms with van der Waals surface area (Å²) >= 11 is 0. The molecular weight excluding hydrogens is 322 g/mol. The molecule has 1 N–H and O–H groups in total. The normalized spacial score (nSPS) is 19.7. The van der Waals surface area contributed by atoms with Crippen molar-refractivity contribution in [1.82, 2.24) is 4.90 Å². The maximum Gasteiger partial charge on any atom is 0.341 e. The Bertz CT molecular complexity index is 759. The van der Waals surface area contributed by atoms with Crippen LogP contribution in [0.15, 0.2) is 42.1 Å². The van der Waals surface area contributed by atoms with Gasteiger partial charge in [0.25, 0.3) is 0 Å². The molecule has 1 aliphatic heterocycles. The predicted molar refractivity (Wildman–Crippen MR) is 89.0 cm³/mol. The van der Waals surface area contributed by atoms with Crippen LogP contribution in [0.3, 0.4) is 0 Å². The maximum atomic E-state index is 13.1. The number of carbonyl (C=O) groups excluding carboxylic acids is 3. The molecule has 1 aromatic rings. The van der Waals surface area contributed by atoms with E-state index < -0.39 is 28.5 Å². The summed E-state index contributed by atoms with van der Waals surface area (Å²) in [4.78, 5) is 49.3. The van der Waals surface area contributed by atoms with E-state index in [-0.39, 0.29) is 18.9 Å². The molecule has 2 aliphatic rings. The molecule has 1 heterocycles. The topological polar surface area (TPSA) is 91.8 Å². The molecule has 0 radical (unpaired) electrons. The van der Waals surface area contributed by atoms with Gasteiger partial charge in [-0.15, -0.1) is 0 Å². The van der Waals surface area contributed by atoms with Gasteiger partial charge in [0.15, 0.2) is 5.78 Å². The van der Waals surface area contributed by atoms with Gasteiger partial charge in [0.2, 0.25) is 11.6 Å². The van der Waals surface area contributed by atoms with E-state index >= 15 is 0 Å². The highest BCUT2D eigenvalue weighted by Crippen LogP contribution is 2.42. The van der Waals surface area contributed by atoms with Gasteiger partial charge in [0.1, 0.15) is 5.57 Å². The lowest BCUT2D eigenvalue weighted by Crippen LogP contribution is -2.45. The average molecular weight is 341 g/mol. The van der Waals surface area contributed by atoms with Crippen LogP contribution in [-0.2, 0) is 14.4 Å². The number of ketones is 3. The van der Waals surface area contributed by atoms with E-state index in [1.54, 1.807) is 24.3 Å². The van der Waals surface area contributed by atoms with Gasteiger partial charge in [-0.3, -0.25) is 14.4 Å². The Morgan fingerprint density at radius 1 is 1.08 bits per heavy atom. The summed E-state index contributed by atoms with van der Waals surface area (Å²) < 4.78 is 0. The standard InChI is InChI=1S/C19H19NO5/c21-15-11-20(10-14(16(15)22)18(24)25)12-19(8-4-5-9-19)17(23)13-6-2-1-3-7-13/h1-3,6-7,10H,4-5,8-9,11-12H2,(H,24,25). The van der Waals surface area contributed by atoms with Crippen LogP contribution >= 0.6 is 0 Å². The van der Waals surface area contributed by atoms with Crippen LogP contribution < -0.4 is 0 Å². The Labute approximate surface area is 145 Å². The molecule has 25 heavy (non-hydrogen) atoms. The number of hydrogen-bond donors (Lipinski definition) is 1. The van der Waals surface area contributed by atoms with Crippen LogP contribution in [0, 0.1) is 5.41 Å². The van der Waals surface area contributed by atoms with E-state index in [2.05, 4.69) is 0 Å². The molecule has 3 rings (SSSR count). The molecule has 1 aliphatic carbocycles. The Hall–Kier alpha value is -2.76. The van der Waals surface area contributed by atoms with E-state index in [0.717, 1.165) is 12.8 Å². The van der Waals surface area contributed by atoms with E-state index in [1.807, 2.05) is 6.07 Å². The molecule has 130 valence electrons. The molecular formula is C19H19NO5. The number of hydrogen-bond acceptors (Lipinski definition) is 5. The average Bonchev–Trinajstić information content (AvgIpc) is 3.07. The first-order chi connectivity index (χ1) is 11.9. The molecule has 0 aromatic heterocycles. The summed E-state index contributed by atoms with van der Waals surface area (Å²) in [6.07, 6.45) is 4.42. The molecule has 1 fully saturated rings. The van der Waals surface area contributed by atoms with Gasteiger partial charge in [-0.1, -0.05) is 43.2 Å². The summed E-state index contributed by atoms with van der Waals surface area (Å²) in [5.41, 5.74) is -0.565. The van der Waals surface area contributed by atoms with Gasteiger partial charge >= 0.3 is 5.97 Å². The van der Waals surface area contributed by atoms with Gasteiger partial charge in [-0.25, -0.2) is 4.79 Å². The van der Waals surface area contributed by atoms with Crippen molar-refractivity contribution in [3.8, 4) is 0 Å². The molecule has 0 amide bonds. The number of carbonyl (C=O) groups is 4. The zero-order chi connectivity index (χ0) is 18.0. The third-order valence-corrected chi connectivity index (χ3v) is 4.97. The number of Topliss-reactive ketones (excluding diaryl/α,β-unsaturated/α-hetero) is 3. The molecule has 1 saturated carbocycles. The van der Waals surface area contributed by atoms with Crippen LogP contribution in [0.5, 0.6) is 0 Å². The second kappa shape index (κ2) is 6.63. The largest absolute Gasteiger partial charge is 0.477 e. The first-order valence-electron chi connectivity index (χ1n) is 8.29. The number of benzene rings is 1. The van der Waals surface area contributed by atoms with E-state index in [0.29, 0.717) is 18.4 Å². The lowest BCUT2D eigenvalue weighted by atomic mass is 9.78. The Balaban J connectivity index is 1.90. The Kier molecular flexibility index (Phi) is 4.53. The number of nitrogens with zero attached hydrogens (tertiary/aromatic N) is 1. The minimum absolute atomic E-state index is 0.0141. The number of rotatable bonds is 5. The first-order valence-corrected chi connectivity index (χ1v) is 8.29. The van der Waals surface area contributed by atoms with Crippen LogP contribution in [0.4, 0.5) is 0 Å². The highest BCUT2D eigenvalue weighted by molar-refractivity contribution is 6.50. The second-order valence-corrected chi connectivity index (χ2v) is 6.69. The number of carboxylic acid groups (broad SMARTS) is 1. The third kappa shape index (κ3) is 3.24. The SMILES string of the molecule is O=C(O)C1=CN(CC2(C(=O)c3ccccc3)CCCC2)CC(=O)C1=O. The van der Waals surface area contributed by atoms with Crippen molar-refractivity contribution in [3.05, 3.63) is 47.7 Å². The van der Waals surface area contributed by atoms with Crippen molar-refractivity contribution in [2.24, 2.45) is 5.41 Å². The Morgan fingerprint density at radius 2 is 1.72 bits per heavy atom. The monoisotopic (exact) mass is 341 g/mol. The second-order valence-electron chi connectivity index (χ2n) is 6.69. The molecule has 0 spiro atoms. The lowest BCUT2D eigenvalue weighted by molar-refractivity contribution is -0.141. The van der Waals surface area contributed by atoms with Crippen LogP contribution in [0.25, 0.3) is 0 Å². The zero-order valence-electron chi connectivity index (χ0n) is 13.7. The summed E-state index contributed by atoms with van der Waals surface area (Å²) in [6.45, 7) is 0.0654. The van der Waals surface area contributed by atoms with Gasteiger partial charge in [-0.05, 0) is 12.8 Å². The van der Waals surface area contributed by atoms with Crippen molar-refractivity contribution in [3.63, 3.8) is 0 Å². The van der Waals surface area contributed by atoms with Crippen molar-refractivity contribution < 1.29 is 24.3 Å². The summed E-state index contributed by atoms with van der Waals surface area (Å²) in [5.74, 6) is -3.13.